The second-order valence-corrected chi connectivity index (χ2v) is 5.61. The molecule has 0 saturated carbocycles. The van der Waals surface area contributed by atoms with Crippen LogP contribution in [-0.4, -0.2) is 30.1 Å². The SMILES string of the molecule is O=S(=O)(Nc1ncc[nH]1)c1ccc(C#CCCO)cc1F. The number of anilines is 1. The molecule has 0 radical (unpaired) electrons. The van der Waals surface area contributed by atoms with Crippen LogP contribution in [0.2, 0.25) is 0 Å². The van der Waals surface area contributed by atoms with Crippen molar-refractivity contribution in [3.8, 4) is 11.8 Å². The summed E-state index contributed by atoms with van der Waals surface area (Å²) in [4.78, 5) is 5.77. The van der Waals surface area contributed by atoms with Crippen LogP contribution in [0.4, 0.5) is 10.3 Å². The molecule has 0 aliphatic rings. The summed E-state index contributed by atoms with van der Waals surface area (Å²) in [6, 6.07) is 3.55. The maximum absolute atomic E-state index is 13.9. The van der Waals surface area contributed by atoms with E-state index in [4.69, 9.17) is 5.11 Å². The molecule has 110 valence electrons. The van der Waals surface area contributed by atoms with Crippen LogP contribution in [0, 0.1) is 17.7 Å². The van der Waals surface area contributed by atoms with E-state index in [1.807, 2.05) is 0 Å². The first-order valence-corrected chi connectivity index (χ1v) is 7.43. The van der Waals surface area contributed by atoms with Gasteiger partial charge >= 0.3 is 0 Å². The Morgan fingerprint density at radius 3 is 2.86 bits per heavy atom. The van der Waals surface area contributed by atoms with Crippen molar-refractivity contribution in [3.63, 3.8) is 0 Å². The number of benzene rings is 1. The second-order valence-electron chi connectivity index (χ2n) is 3.96. The number of hydrogen-bond acceptors (Lipinski definition) is 4. The smallest absolute Gasteiger partial charge is 0.267 e. The minimum atomic E-state index is -4.06. The molecular weight excluding hydrogens is 297 g/mol. The average Bonchev–Trinajstić information content (AvgIpc) is 2.91. The van der Waals surface area contributed by atoms with E-state index in [0.29, 0.717) is 5.56 Å². The van der Waals surface area contributed by atoms with Crippen molar-refractivity contribution >= 4 is 16.0 Å². The van der Waals surface area contributed by atoms with Crippen LogP contribution in [0.1, 0.15) is 12.0 Å². The Labute approximate surface area is 121 Å². The molecular formula is C13H12FN3O3S. The Bertz CT molecular complexity index is 777. The largest absolute Gasteiger partial charge is 0.395 e. The first-order valence-electron chi connectivity index (χ1n) is 5.94. The summed E-state index contributed by atoms with van der Waals surface area (Å²) < 4.78 is 40.1. The van der Waals surface area contributed by atoms with Gasteiger partial charge in [-0.05, 0) is 18.2 Å². The first kappa shape index (κ1) is 15.0. The molecule has 0 unspecified atom stereocenters. The van der Waals surface area contributed by atoms with Gasteiger partial charge in [-0.2, -0.15) is 0 Å². The fourth-order valence-corrected chi connectivity index (χ4v) is 2.56. The van der Waals surface area contributed by atoms with E-state index < -0.39 is 20.7 Å². The lowest BCUT2D eigenvalue weighted by atomic mass is 10.2. The van der Waals surface area contributed by atoms with Gasteiger partial charge in [-0.3, -0.25) is 0 Å². The Morgan fingerprint density at radius 1 is 1.43 bits per heavy atom. The van der Waals surface area contributed by atoms with Gasteiger partial charge in [0.05, 0.1) is 6.61 Å². The number of nitrogens with zero attached hydrogens (tertiary/aromatic N) is 1. The molecule has 3 N–H and O–H groups in total. The quantitative estimate of drug-likeness (QED) is 0.737. The Balaban J connectivity index is 2.26. The molecule has 1 heterocycles. The molecule has 2 aromatic rings. The van der Waals surface area contributed by atoms with Gasteiger partial charge in [0.25, 0.3) is 10.0 Å². The molecule has 0 fully saturated rings. The third-order valence-electron chi connectivity index (χ3n) is 2.42. The number of aromatic amines is 1. The molecule has 8 heteroatoms. The zero-order valence-corrected chi connectivity index (χ0v) is 11.6. The number of halogens is 1. The lowest BCUT2D eigenvalue weighted by Gasteiger charge is -2.06. The number of imidazole rings is 1. The van der Waals surface area contributed by atoms with Crippen molar-refractivity contribution in [1.29, 1.82) is 0 Å². The minimum absolute atomic E-state index is 0.00112. The number of nitrogens with one attached hydrogen (secondary N) is 2. The monoisotopic (exact) mass is 309 g/mol. The molecule has 21 heavy (non-hydrogen) atoms. The summed E-state index contributed by atoms with van der Waals surface area (Å²) in [5.41, 5.74) is 0.331. The van der Waals surface area contributed by atoms with Gasteiger partial charge in [0.15, 0.2) is 0 Å². The summed E-state index contributed by atoms with van der Waals surface area (Å²) in [5.74, 6) is 4.34. The number of hydrogen-bond donors (Lipinski definition) is 3. The van der Waals surface area contributed by atoms with E-state index >= 15 is 0 Å². The topological polar surface area (TPSA) is 95.1 Å². The third-order valence-corrected chi connectivity index (χ3v) is 3.79. The predicted octanol–water partition coefficient (Wildman–Crippen LogP) is 1.08. The highest BCUT2D eigenvalue weighted by molar-refractivity contribution is 7.92. The molecule has 0 aliphatic heterocycles. The van der Waals surface area contributed by atoms with E-state index in [1.54, 1.807) is 0 Å². The van der Waals surface area contributed by atoms with Gasteiger partial charge in [-0.1, -0.05) is 11.8 Å². The lowest BCUT2D eigenvalue weighted by Crippen LogP contribution is -2.15. The average molecular weight is 309 g/mol. The van der Waals surface area contributed by atoms with E-state index in [2.05, 4.69) is 26.5 Å². The first-order chi connectivity index (χ1) is 10.0. The summed E-state index contributed by atoms with van der Waals surface area (Å²) in [6.45, 7) is -0.0883. The standard InChI is InChI=1S/C13H12FN3O3S/c14-11-9-10(3-1-2-8-18)4-5-12(11)21(19,20)17-13-15-6-7-16-13/h4-7,9,18H,2,8H2,(H2,15,16,17). The summed E-state index contributed by atoms with van der Waals surface area (Å²) in [5, 5.41) is 8.60. The number of aromatic nitrogens is 2. The highest BCUT2D eigenvalue weighted by Crippen LogP contribution is 2.18. The van der Waals surface area contributed by atoms with Crippen LogP contribution < -0.4 is 4.72 Å². The number of sulfonamides is 1. The van der Waals surface area contributed by atoms with Gasteiger partial charge in [-0.25, -0.2) is 22.5 Å². The lowest BCUT2D eigenvalue weighted by molar-refractivity contribution is 0.305. The van der Waals surface area contributed by atoms with Crippen molar-refractivity contribution in [3.05, 3.63) is 42.0 Å². The second kappa shape index (κ2) is 6.39. The van der Waals surface area contributed by atoms with Crippen LogP contribution >= 0.6 is 0 Å². The normalized spacial score (nSPS) is 10.8. The van der Waals surface area contributed by atoms with E-state index in [-0.39, 0.29) is 19.0 Å². The third kappa shape index (κ3) is 3.81. The molecule has 0 aliphatic carbocycles. The van der Waals surface area contributed by atoms with Crippen LogP contribution in [0.3, 0.4) is 0 Å². The molecule has 0 bridgehead atoms. The van der Waals surface area contributed by atoms with E-state index in [9.17, 15) is 12.8 Å². The van der Waals surface area contributed by atoms with E-state index in [0.717, 1.165) is 12.1 Å². The molecule has 2 rings (SSSR count). The molecule has 0 saturated heterocycles. The van der Waals surface area contributed by atoms with Crippen LogP contribution in [-0.2, 0) is 10.0 Å². The van der Waals surface area contributed by atoms with Crippen LogP contribution in [0.25, 0.3) is 0 Å². The molecule has 0 spiro atoms. The van der Waals surface area contributed by atoms with Crippen molar-refractivity contribution in [2.75, 3.05) is 11.3 Å². The van der Waals surface area contributed by atoms with Crippen LogP contribution in [0.15, 0.2) is 35.5 Å². The Kier molecular flexibility index (Phi) is 4.57. The Morgan fingerprint density at radius 2 is 2.24 bits per heavy atom. The summed E-state index contributed by atoms with van der Waals surface area (Å²) in [6.07, 6.45) is 3.07. The molecule has 0 amide bonds. The minimum Gasteiger partial charge on any atom is -0.395 e. The van der Waals surface area contributed by atoms with Crippen molar-refractivity contribution < 1.29 is 17.9 Å². The number of H-pyrrole nitrogens is 1. The Hall–Kier alpha value is -2.37. The van der Waals surface area contributed by atoms with Gasteiger partial charge in [0.1, 0.15) is 10.7 Å². The summed E-state index contributed by atoms with van der Waals surface area (Å²) >= 11 is 0. The van der Waals surface area contributed by atoms with E-state index in [1.165, 1.54) is 18.5 Å². The number of aliphatic hydroxyl groups excluding tert-OH is 1. The maximum Gasteiger partial charge on any atom is 0.267 e. The molecule has 6 nitrogen and oxygen atoms in total. The fraction of sp³-hybridized carbons (Fsp3) is 0.154. The van der Waals surface area contributed by atoms with Crippen LogP contribution in [0.5, 0.6) is 0 Å². The summed E-state index contributed by atoms with van der Waals surface area (Å²) in [7, 11) is -4.06. The van der Waals surface area contributed by atoms with Gasteiger partial charge < -0.3 is 10.1 Å². The molecule has 1 aromatic heterocycles. The molecule has 0 atom stereocenters. The van der Waals surface area contributed by atoms with Crippen molar-refractivity contribution in [1.82, 2.24) is 9.97 Å². The van der Waals surface area contributed by atoms with Crippen molar-refractivity contribution in [2.24, 2.45) is 0 Å². The maximum atomic E-state index is 13.9. The van der Waals surface area contributed by atoms with Gasteiger partial charge in [0.2, 0.25) is 5.95 Å². The number of aliphatic hydroxyl groups is 1. The number of rotatable bonds is 4. The van der Waals surface area contributed by atoms with Gasteiger partial charge in [0, 0.05) is 24.4 Å². The highest BCUT2D eigenvalue weighted by atomic mass is 32.2. The molecule has 1 aromatic carbocycles. The van der Waals surface area contributed by atoms with Gasteiger partial charge in [-0.15, -0.1) is 0 Å². The van der Waals surface area contributed by atoms with Crippen molar-refractivity contribution in [2.45, 2.75) is 11.3 Å². The fourth-order valence-electron chi connectivity index (χ4n) is 1.52. The zero-order valence-electron chi connectivity index (χ0n) is 10.8. The predicted molar refractivity (Wildman–Crippen MR) is 74.4 cm³/mol. The zero-order chi connectivity index (χ0) is 15.3. The highest BCUT2D eigenvalue weighted by Gasteiger charge is 2.20.